The van der Waals surface area contributed by atoms with Crippen molar-refractivity contribution in [2.75, 3.05) is 13.6 Å². The van der Waals surface area contributed by atoms with Gasteiger partial charge in [-0.3, -0.25) is 4.90 Å². The van der Waals surface area contributed by atoms with Gasteiger partial charge in [0.05, 0.1) is 7.05 Å². The molecule has 2 heterocycles. The van der Waals surface area contributed by atoms with Crippen LogP contribution in [0.4, 0.5) is 0 Å². The molecule has 0 radical (unpaired) electrons. The van der Waals surface area contributed by atoms with E-state index in [9.17, 15) is 0 Å². The Balaban J connectivity index is 1.93. The molecule has 2 rings (SSSR count). The highest BCUT2D eigenvalue weighted by Gasteiger charge is 2.21. The summed E-state index contributed by atoms with van der Waals surface area (Å²) < 4.78 is 2.16. The minimum atomic E-state index is 0.865. The summed E-state index contributed by atoms with van der Waals surface area (Å²) in [6.45, 7) is 5.13. The first-order valence-electron chi connectivity index (χ1n) is 6.25. The SMILES string of the molecule is CC1=CSC(=NCCc2ccc(C)[n+](C)c2)[NH+]1C. The van der Waals surface area contributed by atoms with Gasteiger partial charge in [0, 0.05) is 37.4 Å². The first-order valence-corrected chi connectivity index (χ1v) is 7.13. The highest BCUT2D eigenvalue weighted by Crippen LogP contribution is 2.10. The van der Waals surface area contributed by atoms with Gasteiger partial charge in [-0.05, 0) is 24.2 Å². The first-order chi connectivity index (χ1) is 8.58. The van der Waals surface area contributed by atoms with Crippen LogP contribution in [0.2, 0.25) is 0 Å². The molecule has 18 heavy (non-hydrogen) atoms. The van der Waals surface area contributed by atoms with E-state index >= 15 is 0 Å². The lowest BCUT2D eigenvalue weighted by Crippen LogP contribution is -3.07. The summed E-state index contributed by atoms with van der Waals surface area (Å²) in [5.74, 6) is 0. The Morgan fingerprint density at radius 3 is 2.72 bits per heavy atom. The molecule has 3 nitrogen and oxygen atoms in total. The van der Waals surface area contributed by atoms with Crippen molar-refractivity contribution in [3.63, 3.8) is 0 Å². The number of pyridine rings is 1. The molecule has 1 aliphatic heterocycles. The minimum absolute atomic E-state index is 0.865. The number of nitrogens with one attached hydrogen (secondary N) is 1. The van der Waals surface area contributed by atoms with Gasteiger partial charge in [-0.2, -0.15) is 0 Å². The number of allylic oxidation sites excluding steroid dienone is 1. The number of aromatic nitrogens is 1. The Bertz CT molecular complexity index is 506. The Labute approximate surface area is 113 Å². The van der Waals surface area contributed by atoms with Crippen LogP contribution in [0.3, 0.4) is 0 Å². The molecule has 0 aliphatic carbocycles. The molecule has 96 valence electrons. The molecule has 1 N–H and O–H groups in total. The number of amidine groups is 1. The zero-order chi connectivity index (χ0) is 13.1. The largest absolute Gasteiger partial charge is 0.266 e. The van der Waals surface area contributed by atoms with E-state index in [2.05, 4.69) is 61.2 Å². The third-order valence-electron chi connectivity index (χ3n) is 3.37. The third kappa shape index (κ3) is 3.00. The Morgan fingerprint density at radius 1 is 1.33 bits per heavy atom. The highest BCUT2D eigenvalue weighted by molar-refractivity contribution is 8.16. The Hall–Kier alpha value is -1.13. The quantitative estimate of drug-likeness (QED) is 0.802. The van der Waals surface area contributed by atoms with E-state index in [0.717, 1.165) is 13.0 Å². The molecule has 1 aromatic rings. The fourth-order valence-electron chi connectivity index (χ4n) is 1.82. The summed E-state index contributed by atoms with van der Waals surface area (Å²) in [5, 5.41) is 3.36. The zero-order valence-electron chi connectivity index (χ0n) is 11.5. The van der Waals surface area contributed by atoms with Gasteiger partial charge in [0.15, 0.2) is 11.9 Å². The van der Waals surface area contributed by atoms with Crippen molar-refractivity contribution in [1.29, 1.82) is 0 Å². The lowest BCUT2D eigenvalue weighted by molar-refractivity contribution is -0.731. The summed E-state index contributed by atoms with van der Waals surface area (Å²) in [6.07, 6.45) is 3.20. The number of aryl methyl sites for hydroxylation is 2. The topological polar surface area (TPSA) is 20.7 Å². The lowest BCUT2D eigenvalue weighted by atomic mass is 10.2. The van der Waals surface area contributed by atoms with Gasteiger partial charge in [-0.1, -0.05) is 0 Å². The molecule has 4 heteroatoms. The van der Waals surface area contributed by atoms with Gasteiger partial charge in [-0.25, -0.2) is 9.56 Å². The predicted molar refractivity (Wildman–Crippen MR) is 76.6 cm³/mol. The van der Waals surface area contributed by atoms with Crippen LogP contribution in [-0.2, 0) is 13.5 Å². The van der Waals surface area contributed by atoms with E-state index < -0.39 is 0 Å². The first kappa shape index (κ1) is 13.3. The van der Waals surface area contributed by atoms with Crippen molar-refractivity contribution in [2.24, 2.45) is 12.0 Å². The Morgan fingerprint density at radius 2 is 2.11 bits per heavy atom. The maximum Gasteiger partial charge on any atom is 0.266 e. The maximum absolute atomic E-state index is 4.68. The molecule has 0 bridgehead atoms. The molecule has 0 saturated carbocycles. The van der Waals surface area contributed by atoms with Crippen molar-refractivity contribution in [1.82, 2.24) is 0 Å². The van der Waals surface area contributed by atoms with Gasteiger partial charge >= 0.3 is 0 Å². The fourth-order valence-corrected chi connectivity index (χ4v) is 2.79. The average molecular weight is 263 g/mol. The van der Waals surface area contributed by atoms with E-state index in [4.69, 9.17) is 0 Å². The molecule has 1 atom stereocenters. The van der Waals surface area contributed by atoms with Crippen LogP contribution < -0.4 is 9.47 Å². The number of quaternary nitrogens is 1. The molecule has 0 saturated heterocycles. The standard InChI is InChI=1S/C14H20N3S/c1-11-5-6-13(9-16(11)3)7-8-15-14-17(4)12(2)10-18-14/h5-6,9-10H,7-8H2,1-4H3/q+1/p+1. The number of thioether (sulfide) groups is 1. The summed E-state index contributed by atoms with van der Waals surface area (Å²) >= 11 is 1.75. The van der Waals surface area contributed by atoms with E-state index in [0.29, 0.717) is 0 Å². The van der Waals surface area contributed by atoms with Crippen LogP contribution in [0.25, 0.3) is 0 Å². The normalized spacial score (nSPS) is 21.4. The van der Waals surface area contributed by atoms with Crippen LogP contribution in [0.5, 0.6) is 0 Å². The van der Waals surface area contributed by atoms with E-state index in [1.54, 1.807) is 11.8 Å². The van der Waals surface area contributed by atoms with Crippen molar-refractivity contribution in [3.05, 3.63) is 40.7 Å². The average Bonchev–Trinajstić information content (AvgIpc) is 2.66. The molecule has 0 amide bonds. The Kier molecular flexibility index (Phi) is 4.19. The van der Waals surface area contributed by atoms with Crippen LogP contribution in [0.15, 0.2) is 34.4 Å². The van der Waals surface area contributed by atoms with Crippen LogP contribution in [0.1, 0.15) is 18.2 Å². The van der Waals surface area contributed by atoms with E-state index in [-0.39, 0.29) is 0 Å². The molecule has 0 spiro atoms. The van der Waals surface area contributed by atoms with Gasteiger partial charge in [0.1, 0.15) is 12.7 Å². The van der Waals surface area contributed by atoms with Crippen molar-refractivity contribution in [2.45, 2.75) is 20.3 Å². The van der Waals surface area contributed by atoms with Gasteiger partial charge in [0.25, 0.3) is 5.17 Å². The number of aliphatic imine (C=N–C) groups is 1. The number of hydrogen-bond acceptors (Lipinski definition) is 2. The smallest absolute Gasteiger partial charge is 0.254 e. The van der Waals surface area contributed by atoms with Crippen LogP contribution >= 0.6 is 11.8 Å². The second-order valence-corrected chi connectivity index (χ2v) is 5.63. The summed E-state index contributed by atoms with van der Waals surface area (Å²) in [6, 6.07) is 4.35. The molecule has 0 fully saturated rings. The molecular weight excluding hydrogens is 242 g/mol. The summed E-state index contributed by atoms with van der Waals surface area (Å²) in [5.41, 5.74) is 3.97. The molecule has 1 aliphatic rings. The number of rotatable bonds is 3. The second-order valence-electron chi connectivity index (χ2n) is 4.77. The monoisotopic (exact) mass is 263 g/mol. The predicted octanol–water partition coefficient (Wildman–Crippen LogP) is 0.841. The molecule has 1 unspecified atom stereocenters. The number of hydrogen-bond donors (Lipinski definition) is 1. The van der Waals surface area contributed by atoms with E-state index in [1.165, 1.54) is 27.0 Å². The zero-order valence-corrected chi connectivity index (χ0v) is 12.3. The van der Waals surface area contributed by atoms with Crippen molar-refractivity contribution < 1.29 is 9.47 Å². The van der Waals surface area contributed by atoms with Gasteiger partial charge < -0.3 is 0 Å². The third-order valence-corrected chi connectivity index (χ3v) is 4.50. The lowest BCUT2D eigenvalue weighted by Gasteiger charge is -2.06. The fraction of sp³-hybridized carbons (Fsp3) is 0.429. The van der Waals surface area contributed by atoms with Gasteiger partial charge in [0.2, 0.25) is 0 Å². The van der Waals surface area contributed by atoms with E-state index in [1.807, 2.05) is 0 Å². The molecule has 1 aromatic heterocycles. The minimum Gasteiger partial charge on any atom is -0.254 e. The summed E-state index contributed by atoms with van der Waals surface area (Å²) in [7, 11) is 4.24. The number of nitrogens with zero attached hydrogens (tertiary/aromatic N) is 2. The molecule has 0 aromatic carbocycles. The van der Waals surface area contributed by atoms with Crippen molar-refractivity contribution >= 4 is 16.9 Å². The second kappa shape index (κ2) is 5.67. The van der Waals surface area contributed by atoms with Crippen LogP contribution in [-0.4, -0.2) is 18.8 Å². The van der Waals surface area contributed by atoms with Crippen molar-refractivity contribution in [3.8, 4) is 0 Å². The van der Waals surface area contributed by atoms with Crippen LogP contribution in [0, 0.1) is 6.92 Å². The highest BCUT2D eigenvalue weighted by atomic mass is 32.2. The summed E-state index contributed by atoms with van der Waals surface area (Å²) in [4.78, 5) is 6.01. The maximum atomic E-state index is 4.68. The molecular formula is C14H21N3S+2. The van der Waals surface area contributed by atoms with Gasteiger partial charge in [-0.15, -0.1) is 0 Å².